The molecule has 0 aromatic heterocycles. The van der Waals surface area contributed by atoms with Gasteiger partial charge in [0.25, 0.3) is 0 Å². The van der Waals surface area contributed by atoms with E-state index in [2.05, 4.69) is 19.2 Å². The summed E-state index contributed by atoms with van der Waals surface area (Å²) in [5.41, 5.74) is 0.660. The van der Waals surface area contributed by atoms with Gasteiger partial charge < -0.3 is 10.1 Å². The first-order chi connectivity index (χ1) is 9.60. The Morgan fingerprint density at radius 3 is 2.45 bits per heavy atom. The molecule has 0 radical (unpaired) electrons. The number of rotatable bonds is 5. The second-order valence-corrected chi connectivity index (χ2v) is 6.24. The summed E-state index contributed by atoms with van der Waals surface area (Å²) in [5.74, 6) is 1.21. The minimum absolute atomic E-state index is 0.176. The number of ether oxygens (including phenoxy) is 1. The van der Waals surface area contributed by atoms with Gasteiger partial charge in [-0.3, -0.25) is 0 Å². The molecule has 1 fully saturated rings. The van der Waals surface area contributed by atoms with Crippen LogP contribution in [0.15, 0.2) is 24.3 Å². The average molecular weight is 279 g/mol. The predicted octanol–water partition coefficient (Wildman–Crippen LogP) is 3.93. The van der Waals surface area contributed by atoms with Gasteiger partial charge in [-0.1, -0.05) is 32.0 Å². The third kappa shape index (κ3) is 4.03. The van der Waals surface area contributed by atoms with Gasteiger partial charge in [0.2, 0.25) is 0 Å². The molecule has 1 aromatic rings. The molecule has 3 atom stereocenters. The first kappa shape index (κ1) is 15.5. The van der Waals surface area contributed by atoms with Gasteiger partial charge in [-0.15, -0.1) is 0 Å². The summed E-state index contributed by atoms with van der Waals surface area (Å²) in [6, 6.07) is 6.93. The average Bonchev–Trinajstić information content (AvgIpc) is 2.37. The van der Waals surface area contributed by atoms with E-state index in [1.807, 2.05) is 19.2 Å². The molecule has 0 saturated heterocycles. The Bertz CT molecular complexity index is 413. The second kappa shape index (κ2) is 7.19. The fraction of sp³-hybridized carbons (Fsp3) is 0.647. The normalized spacial score (nSPS) is 28.3. The molecule has 2 rings (SSSR count). The molecule has 0 bridgehead atoms. The third-order valence-corrected chi connectivity index (χ3v) is 4.13. The van der Waals surface area contributed by atoms with Crippen molar-refractivity contribution in [3.05, 3.63) is 35.6 Å². The smallest absolute Gasteiger partial charge is 0.129 e. The highest BCUT2D eigenvalue weighted by molar-refractivity contribution is 5.20. The fourth-order valence-corrected chi connectivity index (χ4v) is 3.37. The Morgan fingerprint density at radius 1 is 1.20 bits per heavy atom. The largest absolute Gasteiger partial charge is 0.369 e. The van der Waals surface area contributed by atoms with Crippen molar-refractivity contribution in [1.82, 2.24) is 5.32 Å². The molecule has 0 aliphatic heterocycles. The number of likely N-dealkylation sites (N-methyl/N-ethyl adjacent to an activating group) is 1. The summed E-state index contributed by atoms with van der Waals surface area (Å²) in [7, 11) is 1.88. The maximum atomic E-state index is 14.0. The van der Waals surface area contributed by atoms with Crippen LogP contribution in [0, 0.1) is 17.7 Å². The summed E-state index contributed by atoms with van der Waals surface area (Å²) in [4.78, 5) is 0. The number of nitrogens with one attached hydrogen (secondary N) is 1. The minimum Gasteiger partial charge on any atom is -0.369 e. The van der Waals surface area contributed by atoms with E-state index in [1.54, 1.807) is 6.07 Å². The fourth-order valence-electron chi connectivity index (χ4n) is 3.37. The van der Waals surface area contributed by atoms with Crippen molar-refractivity contribution in [3.63, 3.8) is 0 Å². The van der Waals surface area contributed by atoms with E-state index >= 15 is 0 Å². The van der Waals surface area contributed by atoms with E-state index in [0.29, 0.717) is 23.9 Å². The van der Waals surface area contributed by atoms with Gasteiger partial charge in [-0.2, -0.15) is 0 Å². The van der Waals surface area contributed by atoms with Gasteiger partial charge >= 0.3 is 0 Å². The molecular formula is C17H26FNO. The lowest BCUT2D eigenvalue weighted by atomic mass is 9.81. The van der Waals surface area contributed by atoms with E-state index in [4.69, 9.17) is 4.74 Å². The van der Waals surface area contributed by atoms with Crippen LogP contribution in [0.3, 0.4) is 0 Å². The Morgan fingerprint density at radius 2 is 1.85 bits per heavy atom. The molecule has 1 aliphatic rings. The Hall–Kier alpha value is -0.930. The van der Waals surface area contributed by atoms with Crippen molar-refractivity contribution in [2.45, 2.75) is 45.3 Å². The zero-order valence-electron chi connectivity index (χ0n) is 12.7. The standard InChI is InChI=1S/C17H26FNO/c1-12-8-13(2)10-14(9-12)20-17(11-19-3)15-6-4-5-7-16(15)18/h4-7,12-14,17,19H,8-11H2,1-3H3. The summed E-state index contributed by atoms with van der Waals surface area (Å²) in [6.07, 6.45) is 3.48. The van der Waals surface area contributed by atoms with Crippen molar-refractivity contribution in [2.24, 2.45) is 11.8 Å². The maximum absolute atomic E-state index is 14.0. The number of hydrogen-bond donors (Lipinski definition) is 1. The van der Waals surface area contributed by atoms with E-state index in [-0.39, 0.29) is 18.0 Å². The van der Waals surface area contributed by atoms with Crippen molar-refractivity contribution >= 4 is 0 Å². The monoisotopic (exact) mass is 279 g/mol. The molecule has 0 spiro atoms. The molecule has 2 nitrogen and oxygen atoms in total. The zero-order chi connectivity index (χ0) is 14.5. The van der Waals surface area contributed by atoms with Crippen LogP contribution in [-0.4, -0.2) is 19.7 Å². The molecule has 0 heterocycles. The second-order valence-electron chi connectivity index (χ2n) is 6.24. The highest BCUT2D eigenvalue weighted by Crippen LogP contribution is 2.33. The number of hydrogen-bond acceptors (Lipinski definition) is 2. The lowest BCUT2D eigenvalue weighted by molar-refractivity contribution is -0.0503. The summed E-state index contributed by atoms with van der Waals surface area (Å²) in [6.45, 7) is 5.20. The molecule has 20 heavy (non-hydrogen) atoms. The van der Waals surface area contributed by atoms with Gasteiger partial charge in [0, 0.05) is 12.1 Å². The van der Waals surface area contributed by atoms with Gasteiger partial charge in [-0.25, -0.2) is 4.39 Å². The summed E-state index contributed by atoms with van der Waals surface area (Å²) >= 11 is 0. The van der Waals surface area contributed by atoms with Crippen LogP contribution in [0.5, 0.6) is 0 Å². The number of halogens is 1. The first-order valence-electron chi connectivity index (χ1n) is 7.64. The Labute approximate surface area is 121 Å². The van der Waals surface area contributed by atoms with Crippen molar-refractivity contribution in [1.29, 1.82) is 0 Å². The van der Waals surface area contributed by atoms with Crippen LogP contribution < -0.4 is 5.32 Å². The molecule has 1 saturated carbocycles. The van der Waals surface area contributed by atoms with Gasteiger partial charge in [0.15, 0.2) is 0 Å². The molecule has 112 valence electrons. The third-order valence-electron chi connectivity index (χ3n) is 4.13. The molecule has 3 unspecified atom stereocenters. The van der Waals surface area contributed by atoms with Crippen LogP contribution in [0.2, 0.25) is 0 Å². The van der Waals surface area contributed by atoms with Gasteiger partial charge in [0.05, 0.1) is 12.2 Å². The highest BCUT2D eigenvalue weighted by atomic mass is 19.1. The van der Waals surface area contributed by atoms with E-state index < -0.39 is 0 Å². The van der Waals surface area contributed by atoms with Crippen LogP contribution in [0.1, 0.15) is 44.8 Å². The molecule has 3 heteroatoms. The highest BCUT2D eigenvalue weighted by Gasteiger charge is 2.27. The van der Waals surface area contributed by atoms with E-state index in [9.17, 15) is 4.39 Å². The van der Waals surface area contributed by atoms with Crippen LogP contribution >= 0.6 is 0 Å². The molecule has 1 N–H and O–H groups in total. The summed E-state index contributed by atoms with van der Waals surface area (Å²) in [5, 5.41) is 3.11. The minimum atomic E-state index is -0.205. The van der Waals surface area contributed by atoms with E-state index in [0.717, 1.165) is 12.8 Å². The molecule has 1 aliphatic carbocycles. The van der Waals surface area contributed by atoms with Crippen molar-refractivity contribution in [3.8, 4) is 0 Å². The van der Waals surface area contributed by atoms with Gasteiger partial charge in [-0.05, 0) is 44.2 Å². The lowest BCUT2D eigenvalue weighted by Crippen LogP contribution is -2.31. The lowest BCUT2D eigenvalue weighted by Gasteiger charge is -2.34. The van der Waals surface area contributed by atoms with Crippen molar-refractivity contribution in [2.75, 3.05) is 13.6 Å². The van der Waals surface area contributed by atoms with Crippen LogP contribution in [0.25, 0.3) is 0 Å². The molecule has 1 aromatic carbocycles. The predicted molar refractivity (Wildman–Crippen MR) is 80.1 cm³/mol. The van der Waals surface area contributed by atoms with Crippen LogP contribution in [-0.2, 0) is 4.74 Å². The Balaban J connectivity index is 2.07. The summed E-state index contributed by atoms with van der Waals surface area (Å²) < 4.78 is 20.2. The zero-order valence-corrected chi connectivity index (χ0v) is 12.7. The van der Waals surface area contributed by atoms with E-state index in [1.165, 1.54) is 12.5 Å². The molecular weight excluding hydrogens is 253 g/mol. The quantitative estimate of drug-likeness (QED) is 0.882. The topological polar surface area (TPSA) is 21.3 Å². The van der Waals surface area contributed by atoms with Gasteiger partial charge in [0.1, 0.15) is 5.82 Å². The SMILES string of the molecule is CNCC(OC1CC(C)CC(C)C1)c1ccccc1F. The van der Waals surface area contributed by atoms with Crippen LogP contribution in [0.4, 0.5) is 4.39 Å². The maximum Gasteiger partial charge on any atom is 0.129 e. The molecule has 0 amide bonds. The number of benzene rings is 1. The first-order valence-corrected chi connectivity index (χ1v) is 7.64. The van der Waals surface area contributed by atoms with Crippen molar-refractivity contribution < 1.29 is 9.13 Å². The Kier molecular flexibility index (Phi) is 5.55.